The fourth-order valence-corrected chi connectivity index (χ4v) is 3.91. The highest BCUT2D eigenvalue weighted by Crippen LogP contribution is 2.21. The van der Waals surface area contributed by atoms with Crippen LogP contribution in [0.5, 0.6) is 0 Å². The van der Waals surface area contributed by atoms with Gasteiger partial charge >= 0.3 is 12.0 Å². The molecule has 0 spiro atoms. The molecule has 0 atom stereocenters. The average molecular weight is 473 g/mol. The molecule has 0 fully saturated rings. The average Bonchev–Trinajstić information content (AvgIpc) is 3.35. The molecule has 0 aliphatic carbocycles. The van der Waals surface area contributed by atoms with Crippen molar-refractivity contribution >= 4 is 62.6 Å². The van der Waals surface area contributed by atoms with Crippen LogP contribution in [0.2, 0.25) is 5.02 Å². The molecular formula is C19H17ClN8O3S. The Balaban J connectivity index is 1.33. The third-order valence-corrected chi connectivity index (χ3v) is 5.44. The van der Waals surface area contributed by atoms with E-state index in [4.69, 9.17) is 16.7 Å². The zero-order chi connectivity index (χ0) is 22.5. The lowest BCUT2D eigenvalue weighted by atomic mass is 10.3. The third kappa shape index (κ3) is 5.28. The molecule has 0 bridgehead atoms. The van der Waals surface area contributed by atoms with E-state index in [0.29, 0.717) is 45.7 Å². The van der Waals surface area contributed by atoms with Crippen molar-refractivity contribution in [2.45, 2.75) is 13.0 Å². The lowest BCUT2D eigenvalue weighted by Gasteiger charge is -2.07. The van der Waals surface area contributed by atoms with E-state index in [-0.39, 0.29) is 6.54 Å². The maximum Gasteiger partial charge on any atom is 0.325 e. The van der Waals surface area contributed by atoms with Crippen molar-refractivity contribution in [1.29, 1.82) is 0 Å². The molecule has 0 saturated heterocycles. The molecule has 4 N–H and O–H groups in total. The second kappa shape index (κ2) is 9.58. The number of thiazole rings is 1. The molecular weight excluding hydrogens is 456 g/mol. The Morgan fingerprint density at radius 1 is 1.16 bits per heavy atom. The normalized spacial score (nSPS) is 10.8. The number of nitrogens with zero attached hydrogens (tertiary/aromatic N) is 5. The third-order valence-electron chi connectivity index (χ3n) is 4.23. The van der Waals surface area contributed by atoms with Gasteiger partial charge in [-0.05, 0) is 18.2 Å². The predicted octanol–water partition coefficient (Wildman–Crippen LogP) is 3.32. The number of benzene rings is 1. The molecule has 0 saturated carbocycles. The van der Waals surface area contributed by atoms with Crippen molar-refractivity contribution in [3.05, 3.63) is 52.9 Å². The van der Waals surface area contributed by atoms with Gasteiger partial charge in [0.2, 0.25) is 0 Å². The minimum Gasteiger partial charge on any atom is -0.480 e. The molecule has 0 aliphatic heterocycles. The number of fused-ring (bicyclic) bond motifs is 1. The zero-order valence-corrected chi connectivity index (χ0v) is 18.0. The van der Waals surface area contributed by atoms with Crippen LogP contribution in [0.25, 0.3) is 11.0 Å². The minimum absolute atomic E-state index is 0.285. The first-order valence-electron chi connectivity index (χ1n) is 9.38. The van der Waals surface area contributed by atoms with Crippen molar-refractivity contribution in [3.8, 4) is 0 Å². The summed E-state index contributed by atoms with van der Waals surface area (Å²) in [5.41, 5.74) is 1.66. The molecule has 3 aromatic heterocycles. The van der Waals surface area contributed by atoms with E-state index < -0.39 is 12.0 Å². The van der Waals surface area contributed by atoms with Crippen molar-refractivity contribution < 1.29 is 14.7 Å². The molecule has 0 radical (unpaired) electrons. The van der Waals surface area contributed by atoms with Crippen LogP contribution in [-0.4, -0.2) is 48.4 Å². The van der Waals surface area contributed by atoms with Crippen LogP contribution in [0.15, 0.2) is 43.0 Å². The molecule has 0 aliphatic rings. The highest BCUT2D eigenvalue weighted by atomic mass is 35.5. The Kier molecular flexibility index (Phi) is 6.42. The summed E-state index contributed by atoms with van der Waals surface area (Å²) in [5.74, 6) is -0.508. The van der Waals surface area contributed by atoms with Gasteiger partial charge < -0.3 is 15.7 Å². The maximum absolute atomic E-state index is 12.1. The first-order chi connectivity index (χ1) is 15.5. The van der Waals surface area contributed by atoms with Crippen LogP contribution in [0.4, 0.5) is 21.4 Å². The van der Waals surface area contributed by atoms with Crippen LogP contribution in [0.1, 0.15) is 4.88 Å². The fraction of sp³-hybridized carbons (Fsp3) is 0.158. The summed E-state index contributed by atoms with van der Waals surface area (Å²) in [6.45, 7) is 0.230. The zero-order valence-electron chi connectivity index (χ0n) is 16.4. The van der Waals surface area contributed by atoms with E-state index in [1.807, 2.05) is 0 Å². The highest BCUT2D eigenvalue weighted by molar-refractivity contribution is 7.15. The molecule has 13 heteroatoms. The second-order valence-electron chi connectivity index (χ2n) is 6.55. The standard InChI is InChI=1S/C19H17ClN8O3S/c20-11-2-1-3-12(6-11)26-18(31)27-19-22-7-13(32-19)4-5-21-17-16-14(23-10-24-17)8-25-28(16)9-15(29)30/h1-3,6-8,10H,4-5,9H2,(H,29,30)(H,21,23,24)(H2,22,26,27,31). The molecule has 2 amide bonds. The van der Waals surface area contributed by atoms with Crippen LogP contribution in [0.3, 0.4) is 0 Å². The first-order valence-corrected chi connectivity index (χ1v) is 10.6. The first kappa shape index (κ1) is 21.5. The number of carboxylic acid groups (broad SMARTS) is 1. The van der Waals surface area contributed by atoms with Crippen molar-refractivity contribution in [2.75, 3.05) is 22.5 Å². The Labute approximate surface area is 190 Å². The Morgan fingerprint density at radius 2 is 2.03 bits per heavy atom. The van der Waals surface area contributed by atoms with E-state index in [2.05, 4.69) is 36.0 Å². The van der Waals surface area contributed by atoms with Crippen LogP contribution in [0, 0.1) is 0 Å². The summed E-state index contributed by atoms with van der Waals surface area (Å²) >= 11 is 7.26. The van der Waals surface area contributed by atoms with Gasteiger partial charge in [0.05, 0.1) is 6.20 Å². The van der Waals surface area contributed by atoms with Crippen LogP contribution < -0.4 is 16.0 Å². The molecule has 164 valence electrons. The van der Waals surface area contributed by atoms with E-state index in [1.165, 1.54) is 28.5 Å². The lowest BCUT2D eigenvalue weighted by molar-refractivity contribution is -0.137. The van der Waals surface area contributed by atoms with Gasteiger partial charge in [-0.3, -0.25) is 10.1 Å². The van der Waals surface area contributed by atoms with Crippen LogP contribution >= 0.6 is 22.9 Å². The number of carbonyl (C=O) groups is 2. The Morgan fingerprint density at radius 3 is 2.84 bits per heavy atom. The number of aliphatic carboxylic acids is 1. The summed E-state index contributed by atoms with van der Waals surface area (Å²) in [4.78, 5) is 36.7. The van der Waals surface area contributed by atoms with Gasteiger partial charge in [0.15, 0.2) is 10.9 Å². The number of hydrogen-bond acceptors (Lipinski definition) is 8. The quantitative estimate of drug-likeness (QED) is 0.305. The largest absolute Gasteiger partial charge is 0.480 e. The van der Waals surface area contributed by atoms with Gasteiger partial charge in [0.25, 0.3) is 0 Å². The number of urea groups is 1. The van der Waals surface area contributed by atoms with E-state index >= 15 is 0 Å². The smallest absolute Gasteiger partial charge is 0.325 e. The van der Waals surface area contributed by atoms with E-state index in [9.17, 15) is 9.59 Å². The molecule has 0 unspecified atom stereocenters. The van der Waals surface area contributed by atoms with Gasteiger partial charge in [-0.15, -0.1) is 11.3 Å². The molecule has 3 heterocycles. The van der Waals surface area contributed by atoms with Gasteiger partial charge in [0, 0.05) is 34.7 Å². The number of amides is 2. The molecule has 4 aromatic rings. The molecule has 4 rings (SSSR count). The Hall–Kier alpha value is -3.77. The second-order valence-corrected chi connectivity index (χ2v) is 8.10. The highest BCUT2D eigenvalue weighted by Gasteiger charge is 2.13. The van der Waals surface area contributed by atoms with Gasteiger partial charge in [-0.1, -0.05) is 17.7 Å². The van der Waals surface area contributed by atoms with E-state index in [0.717, 1.165) is 4.88 Å². The minimum atomic E-state index is -1.01. The van der Waals surface area contributed by atoms with Gasteiger partial charge in [0.1, 0.15) is 23.9 Å². The summed E-state index contributed by atoms with van der Waals surface area (Å²) in [6, 6.07) is 6.43. The monoisotopic (exact) mass is 472 g/mol. The van der Waals surface area contributed by atoms with Gasteiger partial charge in [-0.2, -0.15) is 5.10 Å². The number of hydrogen-bond donors (Lipinski definition) is 4. The number of carbonyl (C=O) groups excluding carboxylic acids is 1. The molecule has 1 aromatic carbocycles. The van der Waals surface area contributed by atoms with Crippen LogP contribution in [-0.2, 0) is 17.8 Å². The number of nitrogens with one attached hydrogen (secondary N) is 3. The predicted molar refractivity (Wildman–Crippen MR) is 121 cm³/mol. The summed E-state index contributed by atoms with van der Waals surface area (Å²) in [7, 11) is 0. The van der Waals surface area contributed by atoms with E-state index in [1.54, 1.807) is 30.5 Å². The van der Waals surface area contributed by atoms with Gasteiger partial charge in [-0.25, -0.2) is 24.4 Å². The van der Waals surface area contributed by atoms with Crippen molar-refractivity contribution in [2.24, 2.45) is 0 Å². The lowest BCUT2D eigenvalue weighted by Crippen LogP contribution is -2.19. The SMILES string of the molecule is O=C(O)Cn1ncc2ncnc(NCCc3cnc(NC(=O)Nc4cccc(Cl)c4)s3)c21. The topological polar surface area (TPSA) is 147 Å². The molecule has 32 heavy (non-hydrogen) atoms. The number of halogens is 1. The van der Waals surface area contributed by atoms with Crippen molar-refractivity contribution in [3.63, 3.8) is 0 Å². The molecule has 11 nitrogen and oxygen atoms in total. The Bertz CT molecular complexity index is 1270. The fourth-order valence-electron chi connectivity index (χ4n) is 2.91. The van der Waals surface area contributed by atoms with Crippen molar-refractivity contribution in [1.82, 2.24) is 24.7 Å². The summed E-state index contributed by atoms with van der Waals surface area (Å²) < 4.78 is 1.34. The number of rotatable bonds is 8. The number of anilines is 3. The number of carboxylic acids is 1. The maximum atomic E-state index is 12.1. The number of aromatic nitrogens is 5. The summed E-state index contributed by atoms with van der Waals surface area (Å²) in [6.07, 6.45) is 5.20. The summed E-state index contributed by atoms with van der Waals surface area (Å²) in [5, 5.41) is 22.7.